The molecule has 0 aliphatic carbocycles. The minimum Gasteiger partial charge on any atom is -0.444 e. The number of rotatable bonds is 6. The molecule has 2 N–H and O–H groups in total. The molecule has 0 aliphatic rings. The van der Waals surface area contributed by atoms with Crippen LogP contribution in [0.4, 0.5) is 5.69 Å². The second kappa shape index (κ2) is 9.67. The number of amides is 2. The minimum absolute atomic E-state index is 0.202. The first-order chi connectivity index (χ1) is 13.9. The lowest BCUT2D eigenvalue weighted by Gasteiger charge is -2.07. The molecule has 6 nitrogen and oxygen atoms in total. The molecule has 8 heteroatoms. The number of hydrazone groups is 1. The van der Waals surface area contributed by atoms with Crippen molar-refractivity contribution < 1.29 is 14.0 Å². The molecule has 29 heavy (non-hydrogen) atoms. The maximum Gasteiger partial charge on any atom is 0.291 e. The number of carbonyl (C=O) groups excluding carboxylic acids is 2. The molecule has 0 saturated carbocycles. The van der Waals surface area contributed by atoms with E-state index in [9.17, 15) is 9.59 Å². The molecule has 0 spiro atoms. The molecule has 1 aromatic heterocycles. The number of halogens is 2. The second-order valence-electron chi connectivity index (χ2n) is 6.17. The number of anilines is 1. The van der Waals surface area contributed by atoms with Crippen LogP contribution in [0.2, 0.25) is 0 Å². The highest BCUT2D eigenvalue weighted by atomic mass is 79.9. The predicted molar refractivity (Wildman–Crippen MR) is 119 cm³/mol. The van der Waals surface area contributed by atoms with Gasteiger partial charge in [-0.15, -0.1) is 0 Å². The van der Waals surface area contributed by atoms with Crippen LogP contribution in [-0.2, 0) is 11.2 Å². The van der Waals surface area contributed by atoms with Crippen molar-refractivity contribution in [3.05, 3.63) is 86.7 Å². The molecule has 3 rings (SSSR count). The Labute approximate surface area is 184 Å². The average Bonchev–Trinajstić information content (AvgIpc) is 3.15. The highest BCUT2D eigenvalue weighted by Crippen LogP contribution is 2.17. The molecular formula is C21H17Br2N3O3. The Morgan fingerprint density at radius 2 is 1.79 bits per heavy atom. The third kappa shape index (κ3) is 6.13. The van der Waals surface area contributed by atoms with E-state index in [1.807, 2.05) is 30.3 Å². The van der Waals surface area contributed by atoms with E-state index in [1.165, 1.54) is 0 Å². The normalized spacial score (nSPS) is 11.2. The Kier molecular flexibility index (Phi) is 7.00. The van der Waals surface area contributed by atoms with Gasteiger partial charge in [0.1, 0.15) is 0 Å². The number of hydrogen-bond donors (Lipinski definition) is 2. The van der Waals surface area contributed by atoms with Gasteiger partial charge in [-0.1, -0.05) is 40.2 Å². The quantitative estimate of drug-likeness (QED) is 0.350. The molecule has 2 amide bonds. The lowest BCUT2D eigenvalue weighted by atomic mass is 10.1. The van der Waals surface area contributed by atoms with Crippen molar-refractivity contribution in [3.8, 4) is 0 Å². The van der Waals surface area contributed by atoms with Crippen molar-refractivity contribution in [2.45, 2.75) is 13.3 Å². The fourth-order valence-corrected chi connectivity index (χ4v) is 3.06. The number of nitrogens with one attached hydrogen (secondary N) is 2. The van der Waals surface area contributed by atoms with Gasteiger partial charge in [0.05, 0.1) is 12.1 Å². The summed E-state index contributed by atoms with van der Waals surface area (Å²) in [5, 5.41) is 6.93. The SMILES string of the molecule is C/C(=N\NC(=O)Cc1ccc(Br)cc1)c1cccc(NC(=O)c2ccc(Br)o2)c1. The highest BCUT2D eigenvalue weighted by Gasteiger charge is 2.11. The van der Waals surface area contributed by atoms with Crippen LogP contribution in [0.25, 0.3) is 0 Å². The zero-order valence-corrected chi connectivity index (χ0v) is 18.6. The molecule has 148 valence electrons. The molecular weight excluding hydrogens is 502 g/mol. The molecule has 2 aromatic carbocycles. The zero-order valence-electron chi connectivity index (χ0n) is 15.4. The van der Waals surface area contributed by atoms with Gasteiger partial charge < -0.3 is 9.73 Å². The highest BCUT2D eigenvalue weighted by molar-refractivity contribution is 9.10. The van der Waals surface area contributed by atoms with Gasteiger partial charge in [0.15, 0.2) is 10.4 Å². The Balaban J connectivity index is 1.62. The Morgan fingerprint density at radius 3 is 2.48 bits per heavy atom. The summed E-state index contributed by atoms with van der Waals surface area (Å²) in [6.45, 7) is 1.78. The third-order valence-electron chi connectivity index (χ3n) is 3.96. The van der Waals surface area contributed by atoms with Gasteiger partial charge in [0, 0.05) is 10.2 Å². The third-order valence-corrected chi connectivity index (χ3v) is 4.92. The first kappa shape index (κ1) is 21.0. The van der Waals surface area contributed by atoms with Crippen LogP contribution >= 0.6 is 31.9 Å². The number of nitrogens with zero attached hydrogens (tertiary/aromatic N) is 1. The van der Waals surface area contributed by atoms with Gasteiger partial charge in [-0.3, -0.25) is 9.59 Å². The molecule has 0 bridgehead atoms. The summed E-state index contributed by atoms with van der Waals surface area (Å²) in [5.41, 5.74) is 5.44. The Bertz CT molecular complexity index is 1060. The first-order valence-corrected chi connectivity index (χ1v) is 10.2. The van der Waals surface area contributed by atoms with Crippen molar-refractivity contribution in [3.63, 3.8) is 0 Å². The summed E-state index contributed by atoms with van der Waals surface area (Å²) in [4.78, 5) is 24.3. The van der Waals surface area contributed by atoms with Crippen LogP contribution < -0.4 is 10.7 Å². The molecule has 0 atom stereocenters. The van der Waals surface area contributed by atoms with E-state index in [0.29, 0.717) is 16.1 Å². The standard InChI is InChI=1S/C21H17Br2N3O3/c1-13(25-26-20(27)11-14-5-7-16(22)8-6-14)15-3-2-4-17(12-15)24-21(28)18-9-10-19(23)29-18/h2-10,12H,11H2,1H3,(H,24,28)(H,26,27)/b25-13+. The van der Waals surface area contributed by atoms with Gasteiger partial charge in [-0.25, -0.2) is 5.43 Å². The maximum absolute atomic E-state index is 12.2. The van der Waals surface area contributed by atoms with Crippen LogP contribution in [0, 0.1) is 0 Å². The predicted octanol–water partition coefficient (Wildman–Crippen LogP) is 5.14. The van der Waals surface area contributed by atoms with E-state index >= 15 is 0 Å². The van der Waals surface area contributed by atoms with E-state index < -0.39 is 0 Å². The molecule has 1 heterocycles. The zero-order chi connectivity index (χ0) is 20.8. The fourth-order valence-electron chi connectivity index (χ4n) is 2.49. The lowest BCUT2D eigenvalue weighted by molar-refractivity contribution is -0.120. The van der Waals surface area contributed by atoms with E-state index in [-0.39, 0.29) is 24.0 Å². The van der Waals surface area contributed by atoms with Crippen LogP contribution in [0.5, 0.6) is 0 Å². The number of hydrogen-bond acceptors (Lipinski definition) is 4. The summed E-state index contributed by atoms with van der Waals surface area (Å²) in [7, 11) is 0. The Morgan fingerprint density at radius 1 is 1.03 bits per heavy atom. The summed E-state index contributed by atoms with van der Waals surface area (Å²) in [6.07, 6.45) is 0.235. The smallest absolute Gasteiger partial charge is 0.291 e. The van der Waals surface area contributed by atoms with Crippen LogP contribution in [0.15, 0.2) is 79.3 Å². The Hall–Kier alpha value is -2.71. The second-order valence-corrected chi connectivity index (χ2v) is 7.87. The molecule has 0 saturated heterocycles. The molecule has 0 radical (unpaired) electrons. The summed E-state index contributed by atoms with van der Waals surface area (Å²) in [6, 6.07) is 17.9. The largest absolute Gasteiger partial charge is 0.444 e. The van der Waals surface area contributed by atoms with Crippen molar-refractivity contribution >= 4 is 55.1 Å². The van der Waals surface area contributed by atoms with Gasteiger partial charge in [-0.2, -0.15) is 5.10 Å². The monoisotopic (exact) mass is 517 g/mol. The summed E-state index contributed by atoms with van der Waals surface area (Å²) in [5.74, 6) is -0.363. The van der Waals surface area contributed by atoms with E-state index in [2.05, 4.69) is 47.7 Å². The topological polar surface area (TPSA) is 83.7 Å². The van der Waals surface area contributed by atoms with Crippen molar-refractivity contribution in [2.75, 3.05) is 5.32 Å². The van der Waals surface area contributed by atoms with Crippen molar-refractivity contribution in [2.24, 2.45) is 5.10 Å². The van der Waals surface area contributed by atoms with Crippen LogP contribution in [0.1, 0.15) is 28.6 Å². The minimum atomic E-state index is -0.356. The number of furan rings is 1. The number of benzene rings is 2. The van der Waals surface area contributed by atoms with Gasteiger partial charge in [-0.05, 0) is 70.4 Å². The summed E-state index contributed by atoms with van der Waals surface area (Å²) >= 11 is 6.54. The van der Waals surface area contributed by atoms with E-state index in [1.54, 1.807) is 37.3 Å². The average molecular weight is 519 g/mol. The number of carbonyl (C=O) groups is 2. The fraction of sp³-hybridized carbons (Fsp3) is 0.0952. The maximum atomic E-state index is 12.2. The lowest BCUT2D eigenvalue weighted by Crippen LogP contribution is -2.21. The van der Waals surface area contributed by atoms with E-state index in [4.69, 9.17) is 4.42 Å². The molecule has 0 unspecified atom stereocenters. The van der Waals surface area contributed by atoms with Gasteiger partial charge in [0.25, 0.3) is 5.91 Å². The summed E-state index contributed by atoms with van der Waals surface area (Å²) < 4.78 is 6.69. The molecule has 0 fully saturated rings. The molecule has 3 aromatic rings. The van der Waals surface area contributed by atoms with E-state index in [0.717, 1.165) is 15.6 Å². The van der Waals surface area contributed by atoms with Gasteiger partial charge >= 0.3 is 0 Å². The van der Waals surface area contributed by atoms with Crippen LogP contribution in [0.3, 0.4) is 0 Å². The molecule has 0 aliphatic heterocycles. The van der Waals surface area contributed by atoms with Crippen molar-refractivity contribution in [1.29, 1.82) is 0 Å². The van der Waals surface area contributed by atoms with Crippen LogP contribution in [-0.4, -0.2) is 17.5 Å². The van der Waals surface area contributed by atoms with Crippen molar-refractivity contribution in [1.82, 2.24) is 5.43 Å². The van der Waals surface area contributed by atoms with Gasteiger partial charge in [0.2, 0.25) is 5.91 Å². The first-order valence-electron chi connectivity index (χ1n) is 8.65.